The highest BCUT2D eigenvalue weighted by Gasteiger charge is 2.26. The van der Waals surface area contributed by atoms with Crippen LogP contribution in [0.2, 0.25) is 5.02 Å². The minimum atomic E-state index is -1.09. The van der Waals surface area contributed by atoms with E-state index in [1.54, 1.807) is 18.2 Å². The molecule has 204 valence electrons. The zero-order valence-electron chi connectivity index (χ0n) is 21.5. The van der Waals surface area contributed by atoms with Gasteiger partial charge in [-0.15, -0.1) is 0 Å². The Morgan fingerprint density at radius 2 is 1.73 bits per heavy atom. The van der Waals surface area contributed by atoms with Crippen molar-refractivity contribution in [1.29, 1.82) is 0 Å². The highest BCUT2D eigenvalue weighted by Crippen LogP contribution is 2.34. The van der Waals surface area contributed by atoms with Crippen LogP contribution in [0.3, 0.4) is 0 Å². The average molecular weight is 624 g/mol. The Hall–Kier alpha value is -4.21. The molecule has 0 aliphatic rings. The van der Waals surface area contributed by atoms with E-state index in [-0.39, 0.29) is 23.5 Å². The molecule has 10 heteroatoms. The molecule has 0 spiro atoms. The van der Waals surface area contributed by atoms with Gasteiger partial charge in [0.1, 0.15) is 11.8 Å². The van der Waals surface area contributed by atoms with E-state index < -0.39 is 23.5 Å². The van der Waals surface area contributed by atoms with Crippen LogP contribution in [0.4, 0.5) is 5.69 Å². The Morgan fingerprint density at radius 1 is 1.02 bits per heavy atom. The molecular formula is C30H24BrClN2O6. The number of hydrogen-bond donors (Lipinski definition) is 2. The zero-order chi connectivity index (χ0) is 29.0. The SMILES string of the molecule is COc1cn(C(Cc2ccccc2Br)C(=O)Nc2ccc(C(=O)O)cc2)c(=O)cc1-c1cc(Cl)ccc1C(C)=O. The molecular weight excluding hydrogens is 600 g/mol. The maximum absolute atomic E-state index is 13.6. The number of rotatable bonds is 9. The number of ether oxygens (including phenoxy) is 1. The molecule has 0 aliphatic heterocycles. The second-order valence-corrected chi connectivity index (χ2v) is 10.2. The lowest BCUT2D eigenvalue weighted by molar-refractivity contribution is -0.119. The van der Waals surface area contributed by atoms with Gasteiger partial charge in [-0.25, -0.2) is 4.79 Å². The number of aromatic carboxylic acids is 1. The summed E-state index contributed by atoms with van der Waals surface area (Å²) in [5.41, 5.74) is 1.89. The molecule has 0 bridgehead atoms. The third-order valence-corrected chi connectivity index (χ3v) is 7.33. The molecule has 0 radical (unpaired) electrons. The third kappa shape index (κ3) is 6.32. The van der Waals surface area contributed by atoms with Crippen LogP contribution >= 0.6 is 27.5 Å². The maximum atomic E-state index is 13.6. The van der Waals surface area contributed by atoms with Crippen LogP contribution in [0, 0.1) is 0 Å². The summed E-state index contributed by atoms with van der Waals surface area (Å²) in [6.07, 6.45) is 1.59. The molecule has 3 aromatic carbocycles. The first-order chi connectivity index (χ1) is 19.1. The number of halogens is 2. The van der Waals surface area contributed by atoms with Crippen molar-refractivity contribution in [3.63, 3.8) is 0 Å². The van der Waals surface area contributed by atoms with Gasteiger partial charge >= 0.3 is 5.97 Å². The van der Waals surface area contributed by atoms with Crippen LogP contribution in [0.5, 0.6) is 5.75 Å². The van der Waals surface area contributed by atoms with Crippen molar-refractivity contribution in [2.45, 2.75) is 19.4 Å². The first kappa shape index (κ1) is 28.8. The minimum Gasteiger partial charge on any atom is -0.495 e. The Bertz CT molecular complexity index is 1670. The Balaban J connectivity index is 1.81. The molecule has 1 atom stereocenters. The summed E-state index contributed by atoms with van der Waals surface area (Å²) < 4.78 is 7.66. The fourth-order valence-electron chi connectivity index (χ4n) is 4.30. The number of ketones is 1. The van der Waals surface area contributed by atoms with E-state index in [1.165, 1.54) is 55.1 Å². The average Bonchev–Trinajstić information content (AvgIpc) is 2.92. The van der Waals surface area contributed by atoms with Crippen LogP contribution < -0.4 is 15.6 Å². The number of carboxylic acid groups (broad SMARTS) is 1. The lowest BCUT2D eigenvalue weighted by atomic mass is 9.97. The number of carboxylic acids is 1. The third-order valence-electron chi connectivity index (χ3n) is 6.32. The lowest BCUT2D eigenvalue weighted by Crippen LogP contribution is -2.34. The van der Waals surface area contributed by atoms with Gasteiger partial charge in [0.2, 0.25) is 5.91 Å². The minimum absolute atomic E-state index is 0.0743. The highest BCUT2D eigenvalue weighted by molar-refractivity contribution is 9.10. The van der Waals surface area contributed by atoms with Gasteiger partial charge in [-0.1, -0.05) is 45.7 Å². The molecule has 1 aromatic heterocycles. The number of Topliss-reactive ketones (excluding diaryl/α,β-unsaturated/α-hetero) is 1. The van der Waals surface area contributed by atoms with Crippen molar-refractivity contribution in [2.24, 2.45) is 0 Å². The van der Waals surface area contributed by atoms with Crippen molar-refractivity contribution >= 4 is 50.9 Å². The fraction of sp³-hybridized carbons (Fsp3) is 0.133. The molecule has 4 aromatic rings. The Kier molecular flexibility index (Phi) is 8.86. The Morgan fingerprint density at radius 3 is 2.35 bits per heavy atom. The van der Waals surface area contributed by atoms with Crippen molar-refractivity contribution in [2.75, 3.05) is 12.4 Å². The molecule has 8 nitrogen and oxygen atoms in total. The molecule has 40 heavy (non-hydrogen) atoms. The van der Waals surface area contributed by atoms with Gasteiger partial charge in [0.15, 0.2) is 5.78 Å². The van der Waals surface area contributed by atoms with Crippen LogP contribution in [0.15, 0.2) is 88.3 Å². The predicted octanol–water partition coefficient (Wildman–Crippen LogP) is 6.26. The first-order valence-electron chi connectivity index (χ1n) is 12.1. The summed E-state index contributed by atoms with van der Waals surface area (Å²) in [6.45, 7) is 1.42. The molecule has 4 rings (SSSR count). The van der Waals surface area contributed by atoms with E-state index in [9.17, 15) is 19.2 Å². The van der Waals surface area contributed by atoms with Crippen molar-refractivity contribution < 1.29 is 24.2 Å². The predicted molar refractivity (Wildman–Crippen MR) is 157 cm³/mol. The summed E-state index contributed by atoms with van der Waals surface area (Å²) >= 11 is 9.72. The van der Waals surface area contributed by atoms with Gasteiger partial charge in [0.05, 0.1) is 18.9 Å². The van der Waals surface area contributed by atoms with Crippen molar-refractivity contribution in [3.8, 4) is 16.9 Å². The summed E-state index contributed by atoms with van der Waals surface area (Å²) in [7, 11) is 1.43. The van der Waals surface area contributed by atoms with Crippen LogP contribution in [-0.2, 0) is 11.2 Å². The number of carbonyl (C=O) groups is 3. The van der Waals surface area contributed by atoms with E-state index in [2.05, 4.69) is 21.2 Å². The summed E-state index contributed by atoms with van der Waals surface area (Å²) in [4.78, 5) is 50.7. The van der Waals surface area contributed by atoms with Crippen molar-refractivity contribution in [1.82, 2.24) is 4.57 Å². The van der Waals surface area contributed by atoms with Crippen molar-refractivity contribution in [3.05, 3.63) is 116 Å². The van der Waals surface area contributed by atoms with E-state index in [0.717, 1.165) is 10.0 Å². The number of nitrogens with zero attached hydrogens (tertiary/aromatic N) is 1. The van der Waals surface area contributed by atoms with E-state index in [0.29, 0.717) is 27.4 Å². The van der Waals surface area contributed by atoms with Crippen LogP contribution in [-0.4, -0.2) is 34.4 Å². The van der Waals surface area contributed by atoms with Gasteiger partial charge in [-0.2, -0.15) is 0 Å². The number of aromatic nitrogens is 1. The molecule has 0 aliphatic carbocycles. The second-order valence-electron chi connectivity index (χ2n) is 8.93. The summed E-state index contributed by atoms with van der Waals surface area (Å²) in [6, 6.07) is 18.1. The number of benzene rings is 3. The van der Waals surface area contributed by atoms with Crippen LogP contribution in [0.25, 0.3) is 11.1 Å². The largest absolute Gasteiger partial charge is 0.495 e. The summed E-state index contributed by atoms with van der Waals surface area (Å²) in [5.74, 6) is -1.53. The summed E-state index contributed by atoms with van der Waals surface area (Å²) in [5, 5.41) is 12.3. The lowest BCUT2D eigenvalue weighted by Gasteiger charge is -2.22. The number of anilines is 1. The van der Waals surface area contributed by atoms with E-state index in [4.69, 9.17) is 21.4 Å². The smallest absolute Gasteiger partial charge is 0.335 e. The topological polar surface area (TPSA) is 115 Å². The van der Waals surface area contributed by atoms with Gasteiger partial charge in [0.25, 0.3) is 5.56 Å². The molecule has 1 unspecified atom stereocenters. The normalized spacial score (nSPS) is 11.5. The van der Waals surface area contributed by atoms with Gasteiger partial charge in [-0.05, 0) is 66.6 Å². The van der Waals surface area contributed by atoms with Gasteiger partial charge in [-0.3, -0.25) is 19.0 Å². The zero-order valence-corrected chi connectivity index (χ0v) is 23.8. The number of hydrogen-bond acceptors (Lipinski definition) is 5. The first-order valence-corrected chi connectivity index (χ1v) is 13.2. The number of nitrogens with one attached hydrogen (secondary N) is 1. The fourth-order valence-corrected chi connectivity index (χ4v) is 4.92. The molecule has 1 heterocycles. The van der Waals surface area contributed by atoms with Crippen LogP contribution in [0.1, 0.15) is 39.2 Å². The Labute approximate surface area is 243 Å². The highest BCUT2D eigenvalue weighted by atomic mass is 79.9. The number of carbonyl (C=O) groups excluding carboxylic acids is 2. The molecule has 2 N–H and O–H groups in total. The molecule has 0 saturated carbocycles. The maximum Gasteiger partial charge on any atom is 0.335 e. The number of pyridine rings is 1. The quantitative estimate of drug-likeness (QED) is 0.213. The number of methoxy groups -OCH3 is 1. The van der Waals surface area contributed by atoms with E-state index in [1.807, 2.05) is 24.3 Å². The van der Waals surface area contributed by atoms with Gasteiger partial charge in [0, 0.05) is 38.8 Å². The molecule has 0 saturated heterocycles. The second kappa shape index (κ2) is 12.3. The monoisotopic (exact) mass is 622 g/mol. The van der Waals surface area contributed by atoms with E-state index >= 15 is 0 Å². The molecule has 0 fully saturated rings. The standard InChI is InChI=1S/C30H24BrClN2O6/c1-17(35)22-12-9-20(32)14-23(22)24-15-28(36)34(16-27(24)40-2)26(13-19-5-3-4-6-25(19)31)29(37)33-21-10-7-18(8-11-21)30(38)39/h3-12,14-16,26H,13H2,1-2H3,(H,33,37)(H,38,39). The molecule has 1 amide bonds. The number of amides is 1. The van der Waals surface area contributed by atoms with Gasteiger partial charge < -0.3 is 15.2 Å².